The van der Waals surface area contributed by atoms with Crippen LogP contribution in [-0.4, -0.2) is 307 Å². The van der Waals surface area contributed by atoms with Gasteiger partial charge in [0.05, 0.1) is 13.1 Å². The average Bonchev–Trinajstić information content (AvgIpc) is 2.32. The fraction of sp³-hybridized carbons (Fsp3) is 0.725. The van der Waals surface area contributed by atoms with Crippen molar-refractivity contribution in [2.45, 2.75) is 134 Å². The van der Waals surface area contributed by atoms with E-state index < -0.39 is 15.1 Å². The first kappa shape index (κ1) is 80.4. The lowest BCUT2D eigenvalue weighted by molar-refractivity contribution is -0.156. The number of likely N-dealkylation sites (tertiary alicyclic amines) is 1. The lowest BCUT2D eigenvalue weighted by Crippen LogP contribution is -2.51. The number of anilines is 2. The highest BCUT2D eigenvalue weighted by atomic mass is 32.2. The van der Waals surface area contributed by atoms with Crippen molar-refractivity contribution in [2.24, 2.45) is 0 Å². The highest BCUT2D eigenvalue weighted by Gasteiger charge is 2.27. The second-order valence-corrected chi connectivity index (χ2v) is 28.5. The van der Waals surface area contributed by atoms with Crippen molar-refractivity contribution >= 4 is 68.3 Å². The summed E-state index contributed by atoms with van der Waals surface area (Å²) >= 11 is 0. The molecule has 7 saturated heterocycles. The molecule has 1 aromatic heterocycles. The molecule has 0 aliphatic carbocycles. The fourth-order valence-corrected chi connectivity index (χ4v) is 12.6. The maximum absolute atomic E-state index is 12.1. The summed E-state index contributed by atoms with van der Waals surface area (Å²) in [6, 6.07) is 12.7. The van der Waals surface area contributed by atoms with Crippen LogP contribution in [0.5, 0.6) is 0 Å². The van der Waals surface area contributed by atoms with Crippen molar-refractivity contribution in [3.8, 4) is 0 Å². The summed E-state index contributed by atoms with van der Waals surface area (Å²) in [4.78, 5) is 110. The standard InChI is InChI=1S/C14H25N3O2.C14H20N2O.C13H19N3O.C13H24N2O3.C8H16N2O.C6H13NOS.CH4/c1-2-13(18)17-10-8-15(9-11-17)12-14(19)16-6-4-3-5-7-16;1-3-14(17)16-10-8-15(9-11-16)13-6-4-12(2)5-7-13;1-3-13(17)16-8-6-15(7-9-16)12-5-4-11(2)10-14-12;1-5-11(16)15-8-6-14(7-9-15)10-12(17)18-13(2,3)4;1-3-8(11)10-6-4-9(2)5-7-10;1-7-3-5-9(2,8)6-4-7;/h2-12H2,1H3;4-7H,3,8-11H2,1-2H3;4-5,10H,3,6-9H2,1-2H3;5-10H2,1-4H3;3-7H2,1-2H3;2-6H2,1H3;1H4. The van der Waals surface area contributed by atoms with Gasteiger partial charge in [-0.05, 0) is 107 Å². The molecule has 0 radical (unpaired) electrons. The number of aromatic nitrogens is 1. The summed E-state index contributed by atoms with van der Waals surface area (Å²) in [5.74, 6) is 7.53. The van der Waals surface area contributed by atoms with Crippen molar-refractivity contribution < 1.29 is 42.5 Å². The van der Waals surface area contributed by atoms with E-state index in [4.69, 9.17) is 4.74 Å². The zero-order valence-corrected chi connectivity index (χ0v) is 58.9. The molecule has 1 aromatic carbocycles. The number of carbonyl (C=O) groups is 7. The van der Waals surface area contributed by atoms with Gasteiger partial charge >= 0.3 is 5.97 Å². The van der Waals surface area contributed by atoms with Crippen molar-refractivity contribution in [2.75, 3.05) is 206 Å². The molecule has 0 bridgehead atoms. The molecule has 0 N–H and O–H groups in total. The summed E-state index contributed by atoms with van der Waals surface area (Å²) in [5, 5.41) is 0. The van der Waals surface area contributed by atoms with Crippen LogP contribution < -0.4 is 9.80 Å². The number of carbonyl (C=O) groups excluding carboxylic acids is 7. The Morgan fingerprint density at radius 2 is 0.793 bits per heavy atom. The summed E-state index contributed by atoms with van der Waals surface area (Å²) in [5.41, 5.74) is 3.29. The van der Waals surface area contributed by atoms with E-state index >= 15 is 0 Å². The van der Waals surface area contributed by atoms with Gasteiger partial charge in [-0.2, -0.15) is 0 Å². The van der Waals surface area contributed by atoms with Gasteiger partial charge in [0.15, 0.2) is 0 Å². The van der Waals surface area contributed by atoms with E-state index in [0.717, 1.165) is 174 Å². The Labute approximate surface area is 555 Å². The quantitative estimate of drug-likeness (QED) is 0.205. The molecular weight excluding hydrogens is 1190 g/mol. The second kappa shape index (κ2) is 41.7. The normalized spacial score (nSPS) is 19.0. The highest BCUT2D eigenvalue weighted by Crippen LogP contribution is 2.19. The van der Waals surface area contributed by atoms with E-state index in [-0.39, 0.29) is 48.8 Å². The number of ether oxygens (including phenoxy) is 1. The van der Waals surface area contributed by atoms with Crippen LogP contribution in [0.2, 0.25) is 0 Å². The van der Waals surface area contributed by atoms with Gasteiger partial charge in [0, 0.05) is 213 Å². The number of amides is 6. The molecule has 23 heteroatoms. The van der Waals surface area contributed by atoms with Gasteiger partial charge in [-0.25, -0.2) is 4.98 Å². The number of aryl methyl sites for hydroxylation is 2. The van der Waals surface area contributed by atoms with Crippen molar-refractivity contribution in [3.63, 3.8) is 0 Å². The number of pyridine rings is 1. The number of esters is 1. The number of likely N-dealkylation sites (N-methyl/N-ethyl adjacent to an activating group) is 1. The van der Waals surface area contributed by atoms with E-state index in [1.54, 1.807) is 0 Å². The molecule has 7 aliphatic heterocycles. The van der Waals surface area contributed by atoms with Crippen LogP contribution in [0.3, 0.4) is 0 Å². The molecule has 522 valence electrons. The van der Waals surface area contributed by atoms with Crippen LogP contribution in [-0.2, 0) is 47.8 Å². The molecule has 7 aliphatic rings. The van der Waals surface area contributed by atoms with Gasteiger partial charge in [0.2, 0.25) is 35.4 Å². The molecule has 0 saturated carbocycles. The summed E-state index contributed by atoms with van der Waals surface area (Å²) in [7, 11) is 2.48. The highest BCUT2D eigenvalue weighted by molar-refractivity contribution is 8.00. The Bertz CT molecular complexity index is 2520. The lowest BCUT2D eigenvalue weighted by atomic mass is 10.1. The van der Waals surface area contributed by atoms with Crippen LogP contribution in [0.15, 0.2) is 42.6 Å². The molecular formula is C69H121N13O9S. The van der Waals surface area contributed by atoms with Crippen LogP contribution in [0.4, 0.5) is 11.5 Å². The predicted octanol–water partition coefficient (Wildman–Crippen LogP) is 5.39. The third-order valence-electron chi connectivity index (χ3n) is 17.2. The Morgan fingerprint density at radius 3 is 1.16 bits per heavy atom. The zero-order chi connectivity index (χ0) is 67.1. The van der Waals surface area contributed by atoms with Crippen molar-refractivity contribution in [1.29, 1.82) is 0 Å². The Balaban J connectivity index is 0.000000292. The maximum Gasteiger partial charge on any atom is 0.320 e. The zero-order valence-electron chi connectivity index (χ0n) is 58.1. The maximum atomic E-state index is 12.1. The molecule has 2 aromatic rings. The van der Waals surface area contributed by atoms with Crippen molar-refractivity contribution in [1.82, 2.24) is 54.0 Å². The first-order valence-electron chi connectivity index (χ1n) is 33.8. The molecule has 0 unspecified atom stereocenters. The van der Waals surface area contributed by atoms with Crippen LogP contribution in [0.1, 0.15) is 125 Å². The van der Waals surface area contributed by atoms with Gasteiger partial charge in [0.25, 0.3) is 0 Å². The number of nitrogens with zero attached hydrogens (tertiary/aromatic N) is 13. The average molecular weight is 1310 g/mol. The van der Waals surface area contributed by atoms with E-state index in [1.807, 2.05) is 109 Å². The smallest absolute Gasteiger partial charge is 0.320 e. The fourth-order valence-electron chi connectivity index (χ4n) is 11.1. The number of benzene rings is 1. The van der Waals surface area contributed by atoms with Gasteiger partial charge in [-0.1, -0.05) is 65.8 Å². The minimum Gasteiger partial charge on any atom is -0.459 e. The van der Waals surface area contributed by atoms with E-state index in [2.05, 4.69) is 86.7 Å². The second-order valence-electron chi connectivity index (χ2n) is 25.7. The molecule has 22 nitrogen and oxygen atoms in total. The monoisotopic (exact) mass is 1310 g/mol. The first-order chi connectivity index (χ1) is 43.3. The summed E-state index contributed by atoms with van der Waals surface area (Å²) in [6.45, 7) is 40.7. The topological polar surface area (TPSA) is 198 Å². The van der Waals surface area contributed by atoms with Gasteiger partial charge in [-0.15, -0.1) is 0 Å². The van der Waals surface area contributed by atoms with E-state index in [0.29, 0.717) is 58.3 Å². The summed E-state index contributed by atoms with van der Waals surface area (Å²) in [6.07, 6.45) is 8.41. The first-order valence-corrected chi connectivity index (χ1v) is 35.9. The number of hydrogen-bond donors (Lipinski definition) is 0. The Kier molecular flexibility index (Phi) is 36.5. The Hall–Kier alpha value is -5.88. The SMILES string of the molecule is C.C=S1(=O)CCN(C)CC1.CCC(=O)N1CCN(C)CC1.CCC(=O)N1CCN(CC(=O)N2CCCCC2)CC1.CCC(=O)N1CCN(CC(=O)OC(C)(C)C)CC1.CCC(=O)N1CCN(c2ccc(C)cc2)CC1.CCC(=O)N1CCN(c2ccc(C)cn2)CC1. The number of rotatable bonds is 11. The third kappa shape index (κ3) is 30.0. The third-order valence-corrected chi connectivity index (χ3v) is 19.1. The molecule has 6 amide bonds. The van der Waals surface area contributed by atoms with Crippen LogP contribution in [0, 0.1) is 13.8 Å². The number of piperidine rings is 1. The summed E-state index contributed by atoms with van der Waals surface area (Å²) < 4.78 is 16.5. The molecule has 8 heterocycles. The molecule has 7 fully saturated rings. The van der Waals surface area contributed by atoms with Crippen LogP contribution in [0.25, 0.3) is 0 Å². The van der Waals surface area contributed by atoms with Crippen LogP contribution >= 0.6 is 0 Å². The van der Waals surface area contributed by atoms with Crippen molar-refractivity contribution in [3.05, 3.63) is 53.7 Å². The largest absolute Gasteiger partial charge is 0.459 e. The van der Waals surface area contributed by atoms with E-state index in [9.17, 15) is 37.8 Å². The van der Waals surface area contributed by atoms with Gasteiger partial charge in [-0.3, -0.25) is 47.6 Å². The number of piperazine rings is 5. The predicted molar refractivity (Wildman–Crippen MR) is 375 cm³/mol. The molecule has 0 spiro atoms. The minimum atomic E-state index is -1.66. The molecule has 0 atom stereocenters. The van der Waals surface area contributed by atoms with Gasteiger partial charge < -0.3 is 53.7 Å². The Morgan fingerprint density at radius 1 is 0.446 bits per heavy atom. The number of hydrogen-bond acceptors (Lipinski definition) is 16. The lowest BCUT2D eigenvalue weighted by Gasteiger charge is -2.36. The van der Waals surface area contributed by atoms with Gasteiger partial charge in [0.1, 0.15) is 11.4 Å². The molecule has 9 rings (SSSR count). The minimum absolute atomic E-state index is 0. The molecule has 92 heavy (non-hydrogen) atoms. The van der Waals surface area contributed by atoms with E-state index in [1.165, 1.54) is 23.2 Å².